The first-order chi connectivity index (χ1) is 11.6. The molecule has 24 heavy (non-hydrogen) atoms. The maximum absolute atomic E-state index is 12.0. The highest BCUT2D eigenvalue weighted by Crippen LogP contribution is 2.29. The van der Waals surface area contributed by atoms with Gasteiger partial charge >= 0.3 is 6.03 Å². The van der Waals surface area contributed by atoms with Crippen molar-refractivity contribution in [1.29, 1.82) is 0 Å². The molecule has 0 bridgehead atoms. The number of likely N-dealkylation sites (tertiary alicyclic amines) is 1. The Hall–Kier alpha value is -1.66. The molecule has 2 aliphatic rings. The van der Waals surface area contributed by atoms with Crippen LogP contribution in [0, 0.1) is 0 Å². The zero-order chi connectivity index (χ0) is 16.8. The van der Waals surface area contributed by atoms with E-state index in [9.17, 15) is 9.90 Å². The van der Waals surface area contributed by atoms with Gasteiger partial charge in [0, 0.05) is 31.9 Å². The Bertz CT molecular complexity index is 523. The molecule has 0 atom stereocenters. The number of aliphatic hydroxyl groups is 1. The lowest BCUT2D eigenvalue weighted by Gasteiger charge is -2.40. The zero-order valence-corrected chi connectivity index (χ0v) is 14.2. The molecule has 1 aromatic heterocycles. The van der Waals surface area contributed by atoms with E-state index in [4.69, 9.17) is 0 Å². The second-order valence-electron chi connectivity index (χ2n) is 7.15. The Labute approximate surface area is 143 Å². The number of nitrogens with one attached hydrogen (secondary N) is 2. The average Bonchev–Trinajstić information content (AvgIpc) is 2.58. The smallest absolute Gasteiger partial charge is 0.320 e. The SMILES string of the molecule is O=C(Nc1ccccn1)NC1CCN(CC2(O)CCCCC2)CC1. The van der Waals surface area contributed by atoms with E-state index < -0.39 is 5.60 Å². The number of piperidine rings is 1. The molecule has 6 nitrogen and oxygen atoms in total. The largest absolute Gasteiger partial charge is 0.389 e. The first kappa shape index (κ1) is 17.2. The fourth-order valence-electron chi connectivity index (χ4n) is 3.79. The molecule has 1 aliphatic heterocycles. The number of hydrogen-bond acceptors (Lipinski definition) is 4. The molecule has 1 aromatic rings. The Morgan fingerprint density at radius 1 is 1.25 bits per heavy atom. The van der Waals surface area contributed by atoms with E-state index in [1.165, 1.54) is 6.42 Å². The minimum Gasteiger partial charge on any atom is -0.389 e. The third kappa shape index (κ3) is 4.92. The predicted molar refractivity (Wildman–Crippen MR) is 93.9 cm³/mol. The van der Waals surface area contributed by atoms with E-state index in [0.29, 0.717) is 5.82 Å². The summed E-state index contributed by atoms with van der Waals surface area (Å²) in [6.45, 7) is 2.63. The molecule has 0 spiro atoms. The summed E-state index contributed by atoms with van der Waals surface area (Å²) in [5, 5.41) is 16.4. The van der Waals surface area contributed by atoms with Crippen molar-refractivity contribution >= 4 is 11.8 Å². The fraction of sp³-hybridized carbons (Fsp3) is 0.667. The van der Waals surface area contributed by atoms with Gasteiger partial charge in [-0.15, -0.1) is 0 Å². The molecule has 3 N–H and O–H groups in total. The summed E-state index contributed by atoms with van der Waals surface area (Å²) in [4.78, 5) is 18.5. The Morgan fingerprint density at radius 2 is 2.00 bits per heavy atom. The van der Waals surface area contributed by atoms with Crippen molar-refractivity contribution in [3.63, 3.8) is 0 Å². The van der Waals surface area contributed by atoms with Crippen LogP contribution in [0.3, 0.4) is 0 Å². The van der Waals surface area contributed by atoms with Gasteiger partial charge in [-0.25, -0.2) is 9.78 Å². The van der Waals surface area contributed by atoms with Gasteiger partial charge in [0.2, 0.25) is 0 Å². The number of hydrogen-bond donors (Lipinski definition) is 3. The molecule has 0 aromatic carbocycles. The van der Waals surface area contributed by atoms with Gasteiger partial charge in [-0.1, -0.05) is 25.3 Å². The number of carbonyl (C=O) groups excluding carboxylic acids is 1. The van der Waals surface area contributed by atoms with Gasteiger partial charge in [-0.2, -0.15) is 0 Å². The van der Waals surface area contributed by atoms with Crippen LogP contribution in [0.2, 0.25) is 0 Å². The van der Waals surface area contributed by atoms with Gasteiger partial charge in [-0.3, -0.25) is 5.32 Å². The predicted octanol–water partition coefficient (Wildman–Crippen LogP) is 2.36. The van der Waals surface area contributed by atoms with Gasteiger partial charge in [-0.05, 0) is 37.8 Å². The molecule has 6 heteroatoms. The number of carbonyl (C=O) groups is 1. The van der Waals surface area contributed by atoms with E-state index in [2.05, 4.69) is 20.5 Å². The van der Waals surface area contributed by atoms with E-state index in [-0.39, 0.29) is 12.1 Å². The van der Waals surface area contributed by atoms with Crippen molar-refractivity contribution in [2.45, 2.75) is 56.6 Å². The lowest BCUT2D eigenvalue weighted by molar-refractivity contribution is -0.0310. The van der Waals surface area contributed by atoms with Crippen LogP contribution < -0.4 is 10.6 Å². The molecule has 2 amide bonds. The number of pyridine rings is 1. The highest BCUT2D eigenvalue weighted by atomic mass is 16.3. The minimum absolute atomic E-state index is 0.186. The minimum atomic E-state index is -0.491. The summed E-state index contributed by atoms with van der Waals surface area (Å²) in [5.41, 5.74) is -0.491. The number of amides is 2. The quantitative estimate of drug-likeness (QED) is 0.791. The molecule has 1 saturated carbocycles. The van der Waals surface area contributed by atoms with Crippen molar-refractivity contribution < 1.29 is 9.90 Å². The summed E-state index contributed by atoms with van der Waals surface area (Å²) in [5.74, 6) is 0.562. The van der Waals surface area contributed by atoms with Crippen LogP contribution in [0.25, 0.3) is 0 Å². The average molecular weight is 332 g/mol. The third-order valence-corrected chi connectivity index (χ3v) is 5.13. The van der Waals surface area contributed by atoms with Crippen molar-refractivity contribution in [1.82, 2.24) is 15.2 Å². The van der Waals surface area contributed by atoms with Crippen molar-refractivity contribution in [3.8, 4) is 0 Å². The van der Waals surface area contributed by atoms with Crippen LogP contribution >= 0.6 is 0 Å². The number of rotatable bonds is 4. The number of nitrogens with zero attached hydrogens (tertiary/aromatic N) is 2. The molecule has 0 unspecified atom stereocenters. The Morgan fingerprint density at radius 3 is 2.67 bits per heavy atom. The second kappa shape index (κ2) is 7.94. The van der Waals surface area contributed by atoms with Gasteiger partial charge in [0.25, 0.3) is 0 Å². The maximum atomic E-state index is 12.0. The summed E-state index contributed by atoms with van der Waals surface area (Å²) in [7, 11) is 0. The first-order valence-electron chi connectivity index (χ1n) is 9.06. The monoisotopic (exact) mass is 332 g/mol. The van der Waals surface area contributed by atoms with Gasteiger partial charge in [0.15, 0.2) is 0 Å². The highest BCUT2D eigenvalue weighted by Gasteiger charge is 2.32. The van der Waals surface area contributed by atoms with Gasteiger partial charge < -0.3 is 15.3 Å². The number of anilines is 1. The molecular formula is C18H28N4O2. The lowest BCUT2D eigenvalue weighted by Crippen LogP contribution is -2.51. The van der Waals surface area contributed by atoms with Crippen molar-refractivity contribution in [3.05, 3.63) is 24.4 Å². The second-order valence-corrected chi connectivity index (χ2v) is 7.15. The number of aromatic nitrogens is 1. The normalized spacial score (nSPS) is 22.0. The van der Waals surface area contributed by atoms with E-state index >= 15 is 0 Å². The van der Waals surface area contributed by atoms with E-state index in [0.717, 1.165) is 58.2 Å². The number of β-amino-alcohol motifs (C(OH)–C–C–N with tert-alkyl or cyclic N) is 1. The van der Waals surface area contributed by atoms with Gasteiger partial charge in [0.1, 0.15) is 5.82 Å². The summed E-state index contributed by atoms with van der Waals surface area (Å²) in [6, 6.07) is 5.42. The van der Waals surface area contributed by atoms with E-state index in [1.807, 2.05) is 12.1 Å². The molecule has 132 valence electrons. The molecule has 1 saturated heterocycles. The lowest BCUT2D eigenvalue weighted by atomic mass is 9.84. The van der Waals surface area contributed by atoms with Crippen LogP contribution in [0.4, 0.5) is 10.6 Å². The first-order valence-corrected chi connectivity index (χ1v) is 9.06. The zero-order valence-electron chi connectivity index (χ0n) is 14.2. The molecule has 2 fully saturated rings. The maximum Gasteiger partial charge on any atom is 0.320 e. The molecule has 2 heterocycles. The highest BCUT2D eigenvalue weighted by molar-refractivity contribution is 5.88. The topological polar surface area (TPSA) is 77.5 Å². The van der Waals surface area contributed by atoms with Crippen LogP contribution in [0.1, 0.15) is 44.9 Å². The molecule has 3 rings (SSSR count). The van der Waals surface area contributed by atoms with Gasteiger partial charge in [0.05, 0.1) is 5.60 Å². The summed E-state index contributed by atoms with van der Waals surface area (Å²) >= 11 is 0. The van der Waals surface area contributed by atoms with Crippen molar-refractivity contribution in [2.75, 3.05) is 25.0 Å². The summed E-state index contributed by atoms with van der Waals surface area (Å²) < 4.78 is 0. The van der Waals surface area contributed by atoms with Crippen LogP contribution in [-0.4, -0.2) is 52.3 Å². The Kier molecular flexibility index (Phi) is 5.68. The molecule has 0 radical (unpaired) electrons. The third-order valence-electron chi connectivity index (χ3n) is 5.13. The fourth-order valence-corrected chi connectivity index (χ4v) is 3.79. The van der Waals surface area contributed by atoms with Crippen LogP contribution in [0.5, 0.6) is 0 Å². The van der Waals surface area contributed by atoms with Crippen LogP contribution in [-0.2, 0) is 0 Å². The summed E-state index contributed by atoms with van der Waals surface area (Å²) in [6.07, 6.45) is 8.89. The van der Waals surface area contributed by atoms with Crippen LogP contribution in [0.15, 0.2) is 24.4 Å². The Balaban J connectivity index is 1.39. The standard InChI is InChI=1S/C18H28N4O2/c23-17(21-16-6-2-5-11-19-16)20-15-7-12-22(13-8-15)14-18(24)9-3-1-4-10-18/h2,5-6,11,15,24H,1,3-4,7-10,12-14H2,(H2,19,20,21,23). The van der Waals surface area contributed by atoms with Crippen molar-refractivity contribution in [2.24, 2.45) is 0 Å². The molecular weight excluding hydrogens is 304 g/mol. The molecule has 1 aliphatic carbocycles. The van der Waals surface area contributed by atoms with E-state index in [1.54, 1.807) is 12.3 Å². The number of urea groups is 1.